The van der Waals surface area contributed by atoms with Gasteiger partial charge in [-0.15, -0.1) is 0 Å². The monoisotopic (exact) mass is 276 g/mol. The minimum Gasteiger partial charge on any atom is -0.383 e. The fourth-order valence-electron chi connectivity index (χ4n) is 3.05. The molecule has 4 heteroatoms. The second kappa shape index (κ2) is 4.82. The molecule has 3 aromatic rings. The molecule has 3 N–H and O–H groups in total. The molecule has 1 aliphatic heterocycles. The van der Waals surface area contributed by atoms with Gasteiger partial charge in [-0.25, -0.2) is 9.97 Å². The van der Waals surface area contributed by atoms with Crippen LogP contribution in [0.25, 0.3) is 22.0 Å². The maximum atomic E-state index is 5.98. The summed E-state index contributed by atoms with van der Waals surface area (Å²) in [5.41, 5.74) is 12.2. The first-order valence-corrected chi connectivity index (χ1v) is 7.15. The summed E-state index contributed by atoms with van der Waals surface area (Å²) in [6.45, 7) is 1.98. The van der Waals surface area contributed by atoms with Crippen molar-refractivity contribution in [3.05, 3.63) is 53.9 Å². The van der Waals surface area contributed by atoms with Gasteiger partial charge in [-0.3, -0.25) is 0 Å². The van der Waals surface area contributed by atoms with E-state index >= 15 is 0 Å². The Bertz CT molecular complexity index is 826. The number of nitrogens with two attached hydrogens (primary N) is 1. The molecule has 0 bridgehead atoms. The lowest BCUT2D eigenvalue weighted by atomic mass is 9.91. The number of aromatic nitrogens is 2. The van der Waals surface area contributed by atoms with Crippen LogP contribution in [-0.4, -0.2) is 16.5 Å². The second-order valence-electron chi connectivity index (χ2n) is 5.36. The van der Waals surface area contributed by atoms with Crippen LogP contribution >= 0.6 is 0 Å². The van der Waals surface area contributed by atoms with E-state index in [9.17, 15) is 0 Å². The number of fused-ring (bicyclic) bond motifs is 2. The normalized spacial score (nSPS) is 14.1. The molecule has 0 atom stereocenters. The Labute approximate surface area is 123 Å². The largest absolute Gasteiger partial charge is 0.383 e. The highest BCUT2D eigenvalue weighted by Crippen LogP contribution is 2.31. The lowest BCUT2D eigenvalue weighted by Gasteiger charge is -2.20. The van der Waals surface area contributed by atoms with Gasteiger partial charge >= 0.3 is 0 Å². The molecule has 0 radical (unpaired) electrons. The highest BCUT2D eigenvalue weighted by molar-refractivity contribution is 5.92. The average molecular weight is 276 g/mol. The van der Waals surface area contributed by atoms with Crippen LogP contribution in [0.5, 0.6) is 0 Å². The van der Waals surface area contributed by atoms with Gasteiger partial charge in [0.15, 0.2) is 0 Å². The maximum Gasteiger partial charge on any atom is 0.134 e. The van der Waals surface area contributed by atoms with Crippen molar-refractivity contribution in [1.82, 2.24) is 15.3 Å². The van der Waals surface area contributed by atoms with E-state index in [-0.39, 0.29) is 0 Å². The molecule has 0 saturated heterocycles. The van der Waals surface area contributed by atoms with Gasteiger partial charge in [0.1, 0.15) is 12.1 Å². The van der Waals surface area contributed by atoms with Gasteiger partial charge in [-0.05, 0) is 47.4 Å². The Morgan fingerprint density at radius 2 is 2.05 bits per heavy atom. The number of hydrogen-bond donors (Lipinski definition) is 2. The number of benzene rings is 2. The Morgan fingerprint density at radius 1 is 1.10 bits per heavy atom. The molecule has 4 rings (SSSR count). The first-order chi connectivity index (χ1) is 10.3. The van der Waals surface area contributed by atoms with Crippen molar-refractivity contribution in [2.24, 2.45) is 0 Å². The molecule has 0 fully saturated rings. The highest BCUT2D eigenvalue weighted by Gasteiger charge is 2.14. The van der Waals surface area contributed by atoms with Crippen LogP contribution in [0.2, 0.25) is 0 Å². The summed E-state index contributed by atoms with van der Waals surface area (Å²) in [7, 11) is 0. The zero-order valence-electron chi connectivity index (χ0n) is 11.6. The quantitative estimate of drug-likeness (QED) is 0.717. The van der Waals surface area contributed by atoms with Gasteiger partial charge in [0.2, 0.25) is 0 Å². The van der Waals surface area contributed by atoms with Crippen LogP contribution in [0, 0.1) is 0 Å². The van der Waals surface area contributed by atoms with E-state index in [1.165, 1.54) is 28.6 Å². The zero-order chi connectivity index (χ0) is 14.2. The van der Waals surface area contributed by atoms with Crippen molar-refractivity contribution in [2.75, 3.05) is 12.3 Å². The summed E-state index contributed by atoms with van der Waals surface area (Å²) in [5.74, 6) is 0.535. The molecule has 2 heterocycles. The lowest BCUT2D eigenvalue weighted by molar-refractivity contribution is 0.645. The van der Waals surface area contributed by atoms with Gasteiger partial charge in [0.25, 0.3) is 0 Å². The first kappa shape index (κ1) is 12.3. The number of nitrogens with one attached hydrogen (secondary N) is 1. The number of anilines is 1. The minimum absolute atomic E-state index is 0.535. The van der Waals surface area contributed by atoms with Crippen LogP contribution in [0.1, 0.15) is 11.1 Å². The van der Waals surface area contributed by atoms with Crippen LogP contribution in [-0.2, 0) is 13.0 Å². The van der Waals surface area contributed by atoms with E-state index < -0.39 is 0 Å². The molecule has 4 nitrogen and oxygen atoms in total. The summed E-state index contributed by atoms with van der Waals surface area (Å²) < 4.78 is 0. The summed E-state index contributed by atoms with van der Waals surface area (Å²) in [6.07, 6.45) is 2.57. The molecular weight excluding hydrogens is 260 g/mol. The Morgan fingerprint density at radius 3 is 3.00 bits per heavy atom. The van der Waals surface area contributed by atoms with Crippen LogP contribution in [0.15, 0.2) is 42.7 Å². The van der Waals surface area contributed by atoms with E-state index in [4.69, 9.17) is 5.73 Å². The zero-order valence-corrected chi connectivity index (χ0v) is 11.6. The fourth-order valence-corrected chi connectivity index (χ4v) is 3.05. The molecule has 0 spiro atoms. The van der Waals surface area contributed by atoms with E-state index in [1.54, 1.807) is 0 Å². The van der Waals surface area contributed by atoms with Crippen molar-refractivity contribution >= 4 is 16.7 Å². The topological polar surface area (TPSA) is 63.8 Å². The summed E-state index contributed by atoms with van der Waals surface area (Å²) in [6, 6.07) is 12.7. The van der Waals surface area contributed by atoms with Gasteiger partial charge in [-0.2, -0.15) is 0 Å². The number of rotatable bonds is 1. The van der Waals surface area contributed by atoms with Crippen LogP contribution in [0.3, 0.4) is 0 Å². The Hall–Kier alpha value is -2.46. The molecule has 0 amide bonds. The SMILES string of the molecule is Nc1ncnc2ccc(-c3cccc4c3CCNC4)cc12. The molecule has 0 saturated carbocycles. The maximum absolute atomic E-state index is 5.98. The molecule has 0 aliphatic carbocycles. The summed E-state index contributed by atoms with van der Waals surface area (Å²) in [4.78, 5) is 8.35. The van der Waals surface area contributed by atoms with Crippen molar-refractivity contribution in [2.45, 2.75) is 13.0 Å². The van der Waals surface area contributed by atoms with E-state index in [0.29, 0.717) is 5.82 Å². The van der Waals surface area contributed by atoms with Crippen molar-refractivity contribution in [3.63, 3.8) is 0 Å². The molecule has 1 aromatic heterocycles. The third kappa shape index (κ3) is 2.04. The first-order valence-electron chi connectivity index (χ1n) is 7.15. The van der Waals surface area contributed by atoms with Crippen molar-refractivity contribution < 1.29 is 0 Å². The van der Waals surface area contributed by atoms with E-state index in [1.807, 2.05) is 6.07 Å². The summed E-state index contributed by atoms with van der Waals surface area (Å²) in [5, 5.41) is 4.34. The second-order valence-corrected chi connectivity index (χ2v) is 5.36. The minimum atomic E-state index is 0.535. The summed E-state index contributed by atoms with van der Waals surface area (Å²) >= 11 is 0. The molecule has 104 valence electrons. The van der Waals surface area contributed by atoms with Gasteiger partial charge in [-0.1, -0.05) is 24.3 Å². The Kier molecular flexibility index (Phi) is 2.82. The standard InChI is InChI=1S/C17H16N4/c18-17-15-8-11(4-5-16(15)20-10-21-17)13-3-1-2-12-9-19-7-6-14(12)13/h1-5,8,10,19H,6-7,9H2,(H2,18,20,21). The molecule has 0 unspecified atom stereocenters. The molecular formula is C17H16N4. The molecule has 1 aliphatic rings. The van der Waals surface area contributed by atoms with Crippen LogP contribution < -0.4 is 11.1 Å². The van der Waals surface area contributed by atoms with Crippen molar-refractivity contribution in [1.29, 1.82) is 0 Å². The van der Waals surface area contributed by atoms with Crippen LogP contribution in [0.4, 0.5) is 5.82 Å². The van der Waals surface area contributed by atoms with E-state index in [2.05, 4.69) is 45.6 Å². The third-order valence-electron chi connectivity index (χ3n) is 4.12. The third-order valence-corrected chi connectivity index (χ3v) is 4.12. The predicted molar refractivity (Wildman–Crippen MR) is 84.8 cm³/mol. The number of nitrogens with zero attached hydrogens (tertiary/aromatic N) is 2. The molecule has 21 heavy (non-hydrogen) atoms. The van der Waals surface area contributed by atoms with Gasteiger partial charge in [0.05, 0.1) is 5.52 Å². The average Bonchev–Trinajstić information content (AvgIpc) is 2.54. The number of hydrogen-bond acceptors (Lipinski definition) is 4. The van der Waals surface area contributed by atoms with E-state index in [0.717, 1.165) is 30.4 Å². The highest BCUT2D eigenvalue weighted by atomic mass is 14.9. The smallest absolute Gasteiger partial charge is 0.134 e. The van der Waals surface area contributed by atoms with Gasteiger partial charge in [0, 0.05) is 11.9 Å². The fraction of sp³-hybridized carbons (Fsp3) is 0.176. The lowest BCUT2D eigenvalue weighted by Crippen LogP contribution is -2.24. The molecule has 2 aromatic carbocycles. The van der Waals surface area contributed by atoms with Gasteiger partial charge < -0.3 is 11.1 Å². The number of nitrogen functional groups attached to an aromatic ring is 1. The Balaban J connectivity index is 1.93. The predicted octanol–water partition coefficient (Wildman–Crippen LogP) is 2.52. The van der Waals surface area contributed by atoms with Crippen molar-refractivity contribution in [3.8, 4) is 11.1 Å².